The average Bonchev–Trinajstić information content (AvgIpc) is 2.70. The number of nitrogens with one attached hydrogen (secondary N) is 1. The number of hydrogen-bond donors (Lipinski definition) is 3. The van der Waals surface area contributed by atoms with E-state index in [2.05, 4.69) is 4.72 Å². The van der Waals surface area contributed by atoms with Crippen LogP contribution in [0.15, 0.2) is 53.4 Å². The van der Waals surface area contributed by atoms with Gasteiger partial charge >= 0.3 is 5.97 Å². The number of hydrogen-bond acceptors (Lipinski definition) is 7. The lowest BCUT2D eigenvalue weighted by atomic mass is 10.2. The van der Waals surface area contributed by atoms with Gasteiger partial charge in [0, 0.05) is 18.8 Å². The summed E-state index contributed by atoms with van der Waals surface area (Å²) < 4.78 is 33.7. The fourth-order valence-electron chi connectivity index (χ4n) is 2.51. The molecule has 10 nitrogen and oxygen atoms in total. The van der Waals surface area contributed by atoms with Gasteiger partial charge in [0.1, 0.15) is 23.3 Å². The first-order chi connectivity index (χ1) is 14.1. The van der Waals surface area contributed by atoms with Gasteiger partial charge in [-0.2, -0.15) is 4.72 Å². The van der Waals surface area contributed by atoms with Gasteiger partial charge in [0.2, 0.25) is 10.0 Å². The third-order valence-electron chi connectivity index (χ3n) is 4.05. The number of aliphatic carboxylic acids is 1. The highest BCUT2D eigenvalue weighted by atomic mass is 32.2. The Balaban J connectivity index is 2.32. The summed E-state index contributed by atoms with van der Waals surface area (Å²) in [6, 6.07) is 11.4. The second kappa shape index (κ2) is 10.1. The van der Waals surface area contributed by atoms with E-state index in [9.17, 15) is 18.0 Å². The van der Waals surface area contributed by atoms with E-state index in [1.165, 1.54) is 32.4 Å². The lowest BCUT2D eigenvalue weighted by molar-refractivity contribution is -0.171. The number of nitrogens with zero attached hydrogens (tertiary/aromatic N) is 1. The van der Waals surface area contributed by atoms with Crippen LogP contribution in [0.5, 0.6) is 5.75 Å². The van der Waals surface area contributed by atoms with E-state index in [-0.39, 0.29) is 22.9 Å². The second-order valence-electron chi connectivity index (χ2n) is 6.27. The molecule has 2 aromatic rings. The Morgan fingerprint density at radius 1 is 1.20 bits per heavy atom. The zero-order chi connectivity index (χ0) is 22.3. The Hall–Kier alpha value is -3.15. The topological polar surface area (TPSA) is 148 Å². The van der Waals surface area contributed by atoms with Crippen LogP contribution >= 0.6 is 0 Å². The molecule has 0 saturated carbocycles. The zero-order valence-electron chi connectivity index (χ0n) is 16.4. The number of carbonyl (C=O) groups excluding carboxylic acids is 1. The van der Waals surface area contributed by atoms with E-state index in [0.717, 1.165) is 10.6 Å². The van der Waals surface area contributed by atoms with E-state index >= 15 is 0 Å². The Morgan fingerprint density at radius 2 is 1.87 bits per heavy atom. The number of hydroxylamine groups is 2. The monoisotopic (exact) mass is 437 g/mol. The second-order valence-corrected chi connectivity index (χ2v) is 7.95. The van der Waals surface area contributed by atoms with Crippen molar-refractivity contribution in [1.82, 2.24) is 9.79 Å². The molecule has 1 amide bonds. The van der Waals surface area contributed by atoms with Crippen molar-refractivity contribution in [3.05, 3.63) is 54.1 Å². The quantitative estimate of drug-likeness (QED) is 0.368. The highest BCUT2D eigenvalue weighted by molar-refractivity contribution is 7.89. The molecule has 0 fully saturated rings. The summed E-state index contributed by atoms with van der Waals surface area (Å²) in [5.41, 5.74) is 6.84. The van der Waals surface area contributed by atoms with Gasteiger partial charge in [0.25, 0.3) is 5.91 Å². The summed E-state index contributed by atoms with van der Waals surface area (Å²) in [7, 11) is -1.91. The number of amides is 1. The van der Waals surface area contributed by atoms with Gasteiger partial charge in [-0.25, -0.2) is 13.5 Å². The summed E-state index contributed by atoms with van der Waals surface area (Å²) in [6.45, 7) is 0.0801. The van der Waals surface area contributed by atoms with Crippen LogP contribution in [-0.2, 0) is 31.1 Å². The van der Waals surface area contributed by atoms with E-state index in [4.69, 9.17) is 20.4 Å². The molecule has 2 rings (SSSR count). The van der Waals surface area contributed by atoms with Crippen molar-refractivity contribution in [3.8, 4) is 5.75 Å². The predicted octanol–water partition coefficient (Wildman–Crippen LogP) is 0.989. The summed E-state index contributed by atoms with van der Waals surface area (Å²) in [6.07, 6.45) is -0.777. The molecule has 0 aromatic heterocycles. The average molecular weight is 437 g/mol. The number of benzene rings is 2. The molecule has 0 aliphatic carbocycles. The minimum atomic E-state index is -4.34. The van der Waals surface area contributed by atoms with Crippen molar-refractivity contribution in [2.75, 3.05) is 19.9 Å². The molecule has 0 aliphatic heterocycles. The van der Waals surface area contributed by atoms with E-state index < -0.39 is 34.4 Å². The smallest absolute Gasteiger partial charge is 0.305 e. The molecule has 1 atom stereocenters. The largest absolute Gasteiger partial charge is 0.487 e. The first-order valence-corrected chi connectivity index (χ1v) is 10.2. The molecular formula is C19H23N3O7S. The van der Waals surface area contributed by atoms with Gasteiger partial charge < -0.3 is 15.6 Å². The van der Waals surface area contributed by atoms with Crippen molar-refractivity contribution in [3.63, 3.8) is 0 Å². The molecule has 30 heavy (non-hydrogen) atoms. The van der Waals surface area contributed by atoms with Gasteiger partial charge in [0.15, 0.2) is 0 Å². The van der Waals surface area contributed by atoms with Crippen molar-refractivity contribution in [2.24, 2.45) is 0 Å². The Labute approximate surface area is 174 Å². The fourth-order valence-corrected chi connectivity index (χ4v) is 3.82. The number of anilines is 1. The SMILES string of the molecule is CON(C)C(=O)[C@H](CC(=O)O)NS(=O)(=O)c1ccc(N)cc1OCc1ccccc1. The number of carboxylic acid groups (broad SMARTS) is 1. The predicted molar refractivity (Wildman–Crippen MR) is 108 cm³/mol. The fraction of sp³-hybridized carbons (Fsp3) is 0.263. The number of nitrogens with two attached hydrogens (primary N) is 1. The first-order valence-electron chi connectivity index (χ1n) is 8.76. The minimum Gasteiger partial charge on any atom is -0.487 e. The standard InChI is InChI=1S/C19H23N3O7S/c1-22(28-2)19(25)15(11-18(23)24)21-30(26,27)17-9-8-14(20)10-16(17)29-12-13-6-4-3-5-7-13/h3-10,15,21H,11-12,20H2,1-2H3,(H,23,24)/t15-/m0/s1. The van der Waals surface area contributed by atoms with Gasteiger partial charge in [-0.1, -0.05) is 30.3 Å². The first kappa shape index (κ1) is 23.1. The maximum atomic E-state index is 12.9. The molecule has 0 aliphatic rings. The lowest BCUT2D eigenvalue weighted by Gasteiger charge is -2.22. The highest BCUT2D eigenvalue weighted by Crippen LogP contribution is 2.27. The molecule has 0 bridgehead atoms. The number of carbonyl (C=O) groups is 2. The summed E-state index contributed by atoms with van der Waals surface area (Å²) in [4.78, 5) is 27.9. The number of sulfonamides is 1. The normalized spacial score (nSPS) is 12.2. The molecule has 162 valence electrons. The van der Waals surface area contributed by atoms with Crippen LogP contribution in [-0.4, -0.2) is 50.7 Å². The van der Waals surface area contributed by atoms with Crippen LogP contribution in [0, 0.1) is 0 Å². The Morgan fingerprint density at radius 3 is 2.47 bits per heavy atom. The maximum absolute atomic E-state index is 12.9. The van der Waals surface area contributed by atoms with Gasteiger partial charge in [0.05, 0.1) is 13.5 Å². The van der Waals surface area contributed by atoms with Gasteiger partial charge in [-0.15, -0.1) is 0 Å². The lowest BCUT2D eigenvalue weighted by Crippen LogP contribution is -2.48. The molecule has 0 spiro atoms. The highest BCUT2D eigenvalue weighted by Gasteiger charge is 2.32. The van der Waals surface area contributed by atoms with Crippen LogP contribution in [0.3, 0.4) is 0 Å². The summed E-state index contributed by atoms with van der Waals surface area (Å²) in [5.74, 6) is -2.27. The molecule has 0 radical (unpaired) electrons. The molecule has 0 saturated heterocycles. The zero-order valence-corrected chi connectivity index (χ0v) is 17.3. The molecule has 11 heteroatoms. The van der Waals surface area contributed by atoms with Crippen LogP contribution in [0.4, 0.5) is 5.69 Å². The van der Waals surface area contributed by atoms with Crippen LogP contribution in [0.1, 0.15) is 12.0 Å². The number of rotatable bonds is 10. The summed E-state index contributed by atoms with van der Waals surface area (Å²) in [5, 5.41) is 9.81. The van der Waals surface area contributed by atoms with Crippen LogP contribution in [0.2, 0.25) is 0 Å². The molecule has 4 N–H and O–H groups in total. The number of likely N-dealkylation sites (N-methyl/N-ethyl adjacent to an activating group) is 1. The molecule has 2 aromatic carbocycles. The van der Waals surface area contributed by atoms with Crippen molar-refractivity contribution < 1.29 is 32.7 Å². The van der Waals surface area contributed by atoms with Crippen molar-refractivity contribution in [2.45, 2.75) is 24.0 Å². The number of ether oxygens (including phenoxy) is 1. The van der Waals surface area contributed by atoms with Gasteiger partial charge in [-0.3, -0.25) is 14.4 Å². The van der Waals surface area contributed by atoms with Crippen molar-refractivity contribution in [1.29, 1.82) is 0 Å². The molecule has 0 unspecified atom stereocenters. The number of nitrogen functional groups attached to an aromatic ring is 1. The summed E-state index contributed by atoms with van der Waals surface area (Å²) >= 11 is 0. The third kappa shape index (κ3) is 6.17. The van der Waals surface area contributed by atoms with Crippen LogP contribution < -0.4 is 15.2 Å². The molecule has 0 heterocycles. The van der Waals surface area contributed by atoms with E-state index in [1.54, 1.807) is 12.1 Å². The maximum Gasteiger partial charge on any atom is 0.305 e. The third-order valence-corrected chi connectivity index (χ3v) is 5.56. The van der Waals surface area contributed by atoms with E-state index in [1.807, 2.05) is 18.2 Å². The Kier molecular flexibility index (Phi) is 7.75. The minimum absolute atomic E-state index is 0.0343. The van der Waals surface area contributed by atoms with E-state index in [0.29, 0.717) is 0 Å². The van der Waals surface area contributed by atoms with Crippen LogP contribution in [0.25, 0.3) is 0 Å². The van der Waals surface area contributed by atoms with Crippen molar-refractivity contribution >= 4 is 27.6 Å². The van der Waals surface area contributed by atoms with Gasteiger partial charge in [-0.05, 0) is 17.7 Å². The Bertz CT molecular complexity index is 996. The number of carboxylic acids is 1. The molecular weight excluding hydrogens is 414 g/mol.